The van der Waals surface area contributed by atoms with Gasteiger partial charge in [-0.25, -0.2) is 9.59 Å². The molecule has 7 heteroatoms. The van der Waals surface area contributed by atoms with Crippen molar-refractivity contribution < 1.29 is 19.1 Å². The van der Waals surface area contributed by atoms with Crippen LogP contribution in [0, 0.1) is 0 Å². The fourth-order valence-electron chi connectivity index (χ4n) is 4.33. The minimum Gasteiger partial charge on any atom is -0.463 e. The highest BCUT2D eigenvalue weighted by molar-refractivity contribution is 9.13. The molecule has 2 aromatic carbocycles. The van der Waals surface area contributed by atoms with E-state index in [0.29, 0.717) is 26.1 Å². The van der Waals surface area contributed by atoms with E-state index < -0.39 is 11.9 Å². The molecule has 0 radical (unpaired) electrons. The normalized spacial score (nSPS) is 13.1. The average molecular weight is 627 g/mol. The molecule has 32 heavy (non-hydrogen) atoms. The summed E-state index contributed by atoms with van der Waals surface area (Å²) in [6, 6.07) is 10.7. The van der Waals surface area contributed by atoms with Crippen LogP contribution < -0.4 is 0 Å². The Hall–Kier alpha value is -1.70. The van der Waals surface area contributed by atoms with Crippen LogP contribution in [-0.4, -0.2) is 25.2 Å². The Balaban J connectivity index is 1.99. The van der Waals surface area contributed by atoms with Crippen molar-refractivity contribution in [1.29, 1.82) is 0 Å². The quantitative estimate of drug-likeness (QED) is 0.158. The highest BCUT2D eigenvalue weighted by atomic mass is 79.9. The van der Waals surface area contributed by atoms with Crippen LogP contribution in [0.1, 0.15) is 36.8 Å². The molecule has 0 N–H and O–H groups in total. The molecule has 4 nitrogen and oxygen atoms in total. The van der Waals surface area contributed by atoms with E-state index >= 15 is 0 Å². The van der Waals surface area contributed by atoms with Crippen molar-refractivity contribution in [1.82, 2.24) is 0 Å². The highest BCUT2D eigenvalue weighted by Crippen LogP contribution is 2.55. The fourth-order valence-corrected chi connectivity index (χ4v) is 5.38. The molecule has 168 valence electrons. The Morgan fingerprint density at radius 2 is 1.34 bits per heavy atom. The van der Waals surface area contributed by atoms with Gasteiger partial charge in [-0.1, -0.05) is 35.2 Å². The van der Waals surface area contributed by atoms with Gasteiger partial charge in [-0.2, -0.15) is 0 Å². The van der Waals surface area contributed by atoms with E-state index in [2.05, 4.69) is 85.2 Å². The smallest absolute Gasteiger partial charge is 0.330 e. The third-order valence-corrected chi connectivity index (χ3v) is 8.02. The lowest BCUT2D eigenvalue weighted by molar-refractivity contribution is -0.138. The van der Waals surface area contributed by atoms with Crippen molar-refractivity contribution in [3.63, 3.8) is 0 Å². The van der Waals surface area contributed by atoms with Crippen molar-refractivity contribution in [2.24, 2.45) is 0 Å². The Bertz CT molecular complexity index is 1030. The third-order valence-electron chi connectivity index (χ3n) is 5.68. The summed E-state index contributed by atoms with van der Waals surface area (Å²) in [6.45, 7) is 7.53. The molecule has 1 aliphatic carbocycles. The predicted octanol–water partition coefficient (Wildman–Crippen LogP) is 7.26. The lowest BCUT2D eigenvalue weighted by atomic mass is 9.71. The van der Waals surface area contributed by atoms with Gasteiger partial charge in [-0.05, 0) is 104 Å². The van der Waals surface area contributed by atoms with E-state index in [9.17, 15) is 9.59 Å². The second kappa shape index (κ2) is 10.9. The maximum Gasteiger partial charge on any atom is 0.330 e. The van der Waals surface area contributed by atoms with E-state index in [4.69, 9.17) is 9.47 Å². The molecular formula is C25H23Br3O4. The molecule has 2 aromatic rings. The van der Waals surface area contributed by atoms with Crippen molar-refractivity contribution >= 4 is 59.7 Å². The van der Waals surface area contributed by atoms with Crippen molar-refractivity contribution in [2.75, 3.05) is 13.2 Å². The zero-order valence-corrected chi connectivity index (χ0v) is 22.2. The zero-order chi connectivity index (χ0) is 23.3. The molecule has 0 aromatic heterocycles. The van der Waals surface area contributed by atoms with Crippen molar-refractivity contribution in [2.45, 2.75) is 31.1 Å². The first-order chi connectivity index (χ1) is 15.3. The number of ether oxygens (including phenoxy) is 2. The van der Waals surface area contributed by atoms with E-state index in [1.165, 1.54) is 34.4 Å². The zero-order valence-electron chi connectivity index (χ0n) is 17.5. The van der Waals surface area contributed by atoms with Gasteiger partial charge in [0.15, 0.2) is 0 Å². The highest BCUT2D eigenvalue weighted by Gasteiger charge is 2.43. The second-order valence-corrected chi connectivity index (χ2v) is 10.2. The lowest BCUT2D eigenvalue weighted by Crippen LogP contribution is -2.27. The van der Waals surface area contributed by atoms with Crippen LogP contribution in [0.3, 0.4) is 0 Å². The SMILES string of the molecule is C=CC(=O)OCCCC1(CCCOC(=O)C=C)c2cc(Br)ccc2-c2cc(Br)c(Br)cc21. The largest absolute Gasteiger partial charge is 0.463 e. The topological polar surface area (TPSA) is 52.6 Å². The molecule has 0 aliphatic heterocycles. The number of hydrogen-bond acceptors (Lipinski definition) is 4. The number of halogens is 3. The molecular weight excluding hydrogens is 604 g/mol. The molecule has 0 spiro atoms. The first-order valence-corrected chi connectivity index (χ1v) is 12.6. The van der Waals surface area contributed by atoms with Crippen LogP contribution in [-0.2, 0) is 24.5 Å². The summed E-state index contributed by atoms with van der Waals surface area (Å²) in [5.41, 5.74) is 4.48. The number of carbonyl (C=O) groups excluding carboxylic acids is 2. The average Bonchev–Trinajstić information content (AvgIpc) is 3.02. The summed E-state index contributed by atoms with van der Waals surface area (Å²) < 4.78 is 13.5. The molecule has 0 fully saturated rings. The minimum absolute atomic E-state index is 0.307. The number of benzene rings is 2. The van der Waals surface area contributed by atoms with Gasteiger partial charge in [-0.15, -0.1) is 0 Å². The van der Waals surface area contributed by atoms with Gasteiger partial charge < -0.3 is 9.47 Å². The van der Waals surface area contributed by atoms with Gasteiger partial charge in [0.2, 0.25) is 0 Å². The van der Waals surface area contributed by atoms with E-state index in [1.54, 1.807) is 0 Å². The summed E-state index contributed by atoms with van der Waals surface area (Å²) in [5, 5.41) is 0. The maximum atomic E-state index is 11.5. The number of fused-ring (bicyclic) bond motifs is 3. The molecule has 0 unspecified atom stereocenters. The summed E-state index contributed by atoms with van der Waals surface area (Å²) in [6.07, 6.45) is 5.27. The third kappa shape index (κ3) is 5.26. The Morgan fingerprint density at radius 3 is 1.91 bits per heavy atom. The first kappa shape index (κ1) is 24.9. The number of hydrogen-bond donors (Lipinski definition) is 0. The number of rotatable bonds is 10. The lowest BCUT2D eigenvalue weighted by Gasteiger charge is -2.33. The van der Waals surface area contributed by atoms with E-state index in [-0.39, 0.29) is 5.41 Å². The first-order valence-electron chi connectivity index (χ1n) is 10.2. The van der Waals surface area contributed by atoms with Crippen LogP contribution in [0.25, 0.3) is 11.1 Å². The van der Waals surface area contributed by atoms with Gasteiger partial charge in [-0.3, -0.25) is 0 Å². The molecule has 0 bridgehead atoms. The summed E-state index contributed by atoms with van der Waals surface area (Å²) in [7, 11) is 0. The van der Waals surface area contributed by atoms with Crippen LogP contribution >= 0.6 is 47.8 Å². The molecule has 3 rings (SSSR count). The molecule has 0 saturated carbocycles. The van der Waals surface area contributed by atoms with E-state index in [0.717, 1.165) is 26.3 Å². The monoisotopic (exact) mass is 624 g/mol. The van der Waals surface area contributed by atoms with Gasteiger partial charge in [0.05, 0.1) is 13.2 Å². The summed E-state index contributed by atoms with van der Waals surface area (Å²) >= 11 is 10.9. The Labute approximate surface area is 213 Å². The fraction of sp³-hybridized carbons (Fsp3) is 0.280. The van der Waals surface area contributed by atoms with Gasteiger partial charge in [0.1, 0.15) is 0 Å². The Morgan fingerprint density at radius 1 is 0.812 bits per heavy atom. The standard InChI is InChI=1S/C25H23Br3O4/c1-3-23(29)31-11-5-9-25(10-6-12-32-24(30)4-2)19-13-16(26)7-8-17(19)18-14-21(27)22(28)15-20(18)25/h3-4,7-8,13-15H,1-2,5-6,9-12H2. The van der Waals surface area contributed by atoms with Crippen LogP contribution in [0.15, 0.2) is 69.1 Å². The molecule has 0 saturated heterocycles. The van der Waals surface area contributed by atoms with Crippen molar-refractivity contribution in [3.05, 3.63) is 80.2 Å². The second-order valence-electron chi connectivity index (χ2n) is 7.53. The molecule has 0 amide bonds. The maximum absolute atomic E-state index is 11.5. The van der Waals surface area contributed by atoms with Gasteiger partial charge >= 0.3 is 11.9 Å². The van der Waals surface area contributed by atoms with Gasteiger partial charge in [0, 0.05) is 31.0 Å². The summed E-state index contributed by atoms with van der Waals surface area (Å²) in [5.74, 6) is -0.839. The van der Waals surface area contributed by atoms with Gasteiger partial charge in [0.25, 0.3) is 0 Å². The molecule has 1 aliphatic rings. The van der Waals surface area contributed by atoms with Crippen LogP contribution in [0.5, 0.6) is 0 Å². The Kier molecular flexibility index (Phi) is 8.53. The molecule has 0 heterocycles. The number of carbonyl (C=O) groups is 2. The minimum atomic E-state index is -0.419. The van der Waals surface area contributed by atoms with Crippen LogP contribution in [0.2, 0.25) is 0 Å². The van der Waals surface area contributed by atoms with E-state index in [1.807, 2.05) is 6.07 Å². The van der Waals surface area contributed by atoms with Crippen LogP contribution in [0.4, 0.5) is 0 Å². The number of esters is 2. The van der Waals surface area contributed by atoms with Crippen molar-refractivity contribution in [3.8, 4) is 11.1 Å². The predicted molar refractivity (Wildman–Crippen MR) is 137 cm³/mol. The summed E-state index contributed by atoms with van der Waals surface area (Å²) in [4.78, 5) is 23.0. The molecule has 0 atom stereocenters.